The molecule has 1 aliphatic heterocycles. The number of anilines is 1. The standard InChI is InChI=1S/C22H26N6O3/c1-2-28-21-17(13-26-28)19(27-16-6-8-31-9-7-16)18(12-24-21)22(30)25-11-14-4-3-5-15(10-14)20(23)29/h3-5,10,12-13,16H,2,6-9,11H2,1H3,(H2,23,29)(H,24,27)(H,25,30). The maximum atomic E-state index is 13.1. The Bertz CT molecular complexity index is 1100. The van der Waals surface area contributed by atoms with E-state index in [9.17, 15) is 9.59 Å². The molecule has 0 bridgehead atoms. The van der Waals surface area contributed by atoms with Gasteiger partial charge in [0.2, 0.25) is 5.91 Å². The van der Waals surface area contributed by atoms with Crippen LogP contribution < -0.4 is 16.4 Å². The third-order valence-corrected chi connectivity index (χ3v) is 5.44. The van der Waals surface area contributed by atoms with Crippen LogP contribution in [0.1, 0.15) is 46.0 Å². The zero-order chi connectivity index (χ0) is 21.8. The van der Waals surface area contributed by atoms with Crippen molar-refractivity contribution in [3.8, 4) is 0 Å². The van der Waals surface area contributed by atoms with Gasteiger partial charge < -0.3 is 21.1 Å². The maximum Gasteiger partial charge on any atom is 0.255 e. The molecule has 0 atom stereocenters. The molecule has 1 aromatic carbocycles. The molecular weight excluding hydrogens is 396 g/mol. The van der Waals surface area contributed by atoms with Gasteiger partial charge in [0, 0.05) is 44.1 Å². The fourth-order valence-corrected chi connectivity index (χ4v) is 3.74. The van der Waals surface area contributed by atoms with E-state index in [1.807, 2.05) is 17.7 Å². The van der Waals surface area contributed by atoms with Gasteiger partial charge >= 0.3 is 0 Å². The molecule has 1 aliphatic rings. The van der Waals surface area contributed by atoms with Gasteiger partial charge in [-0.3, -0.25) is 9.59 Å². The van der Waals surface area contributed by atoms with Crippen LogP contribution in [0.2, 0.25) is 0 Å². The molecule has 1 fully saturated rings. The van der Waals surface area contributed by atoms with Crippen molar-refractivity contribution in [2.24, 2.45) is 5.73 Å². The van der Waals surface area contributed by atoms with E-state index < -0.39 is 5.91 Å². The molecule has 0 radical (unpaired) electrons. The molecule has 0 aliphatic carbocycles. The highest BCUT2D eigenvalue weighted by atomic mass is 16.5. The van der Waals surface area contributed by atoms with Crippen molar-refractivity contribution >= 4 is 28.5 Å². The molecule has 31 heavy (non-hydrogen) atoms. The van der Waals surface area contributed by atoms with Crippen LogP contribution in [-0.2, 0) is 17.8 Å². The van der Waals surface area contributed by atoms with E-state index in [2.05, 4.69) is 20.7 Å². The zero-order valence-corrected chi connectivity index (χ0v) is 17.4. The number of hydrogen-bond acceptors (Lipinski definition) is 6. The Balaban J connectivity index is 1.60. The number of aromatic nitrogens is 3. The third-order valence-electron chi connectivity index (χ3n) is 5.44. The lowest BCUT2D eigenvalue weighted by Gasteiger charge is -2.25. The number of carbonyl (C=O) groups excluding carboxylic acids is 2. The number of primary amides is 1. The SMILES string of the molecule is CCn1ncc2c(NC3CCOCC3)c(C(=O)NCc3cccc(C(N)=O)c3)cnc21. The smallest absolute Gasteiger partial charge is 0.255 e. The van der Waals surface area contributed by atoms with Crippen LogP contribution in [0.3, 0.4) is 0 Å². The molecular formula is C22H26N6O3. The maximum absolute atomic E-state index is 13.1. The van der Waals surface area contributed by atoms with Crippen molar-refractivity contribution < 1.29 is 14.3 Å². The summed E-state index contributed by atoms with van der Waals surface area (Å²) in [5.74, 6) is -0.753. The first-order valence-corrected chi connectivity index (χ1v) is 10.4. The highest BCUT2D eigenvalue weighted by molar-refractivity contribution is 6.06. The lowest BCUT2D eigenvalue weighted by molar-refractivity contribution is 0.0903. The summed E-state index contributed by atoms with van der Waals surface area (Å²) in [4.78, 5) is 29.0. The number of nitrogens with two attached hydrogens (primary N) is 1. The molecule has 2 aromatic heterocycles. The van der Waals surface area contributed by atoms with Gasteiger partial charge in [0.25, 0.3) is 5.91 Å². The first-order chi connectivity index (χ1) is 15.1. The van der Waals surface area contributed by atoms with E-state index in [1.165, 1.54) is 0 Å². The number of rotatable bonds is 7. The number of ether oxygens (including phenoxy) is 1. The van der Waals surface area contributed by atoms with Crippen LogP contribution in [0.15, 0.2) is 36.7 Å². The van der Waals surface area contributed by atoms with Crippen LogP contribution in [-0.4, -0.2) is 45.8 Å². The number of pyridine rings is 1. The van der Waals surface area contributed by atoms with Gasteiger partial charge in [-0.15, -0.1) is 0 Å². The third kappa shape index (κ3) is 4.51. The van der Waals surface area contributed by atoms with Crippen LogP contribution in [0.5, 0.6) is 0 Å². The lowest BCUT2D eigenvalue weighted by Crippen LogP contribution is -2.30. The summed E-state index contributed by atoms with van der Waals surface area (Å²) < 4.78 is 7.26. The summed E-state index contributed by atoms with van der Waals surface area (Å²) in [6.45, 7) is 4.34. The number of benzene rings is 1. The molecule has 4 N–H and O–H groups in total. The van der Waals surface area contributed by atoms with Crippen molar-refractivity contribution in [3.05, 3.63) is 53.3 Å². The minimum absolute atomic E-state index is 0.211. The number of carbonyl (C=O) groups is 2. The Hall–Kier alpha value is -3.46. The Morgan fingerprint density at radius 2 is 2.06 bits per heavy atom. The average Bonchev–Trinajstić information content (AvgIpc) is 3.22. The molecule has 2 amide bonds. The van der Waals surface area contributed by atoms with E-state index in [-0.39, 0.29) is 18.5 Å². The highest BCUT2D eigenvalue weighted by Gasteiger charge is 2.22. The molecule has 3 heterocycles. The van der Waals surface area contributed by atoms with Crippen LogP contribution >= 0.6 is 0 Å². The normalized spacial score (nSPS) is 14.5. The topological polar surface area (TPSA) is 124 Å². The second kappa shape index (κ2) is 9.13. The molecule has 1 saturated heterocycles. The summed E-state index contributed by atoms with van der Waals surface area (Å²) in [5.41, 5.74) is 8.47. The van der Waals surface area contributed by atoms with E-state index in [0.717, 1.165) is 35.1 Å². The van der Waals surface area contributed by atoms with Crippen molar-refractivity contribution in [2.45, 2.75) is 38.9 Å². The largest absolute Gasteiger partial charge is 0.381 e. The number of hydrogen-bond donors (Lipinski definition) is 3. The number of amides is 2. The molecule has 3 aromatic rings. The van der Waals surface area contributed by atoms with E-state index >= 15 is 0 Å². The van der Waals surface area contributed by atoms with Crippen molar-refractivity contribution in [1.82, 2.24) is 20.1 Å². The van der Waals surface area contributed by atoms with Gasteiger partial charge in [0.05, 0.1) is 22.8 Å². The second-order valence-electron chi connectivity index (χ2n) is 7.52. The van der Waals surface area contributed by atoms with Crippen molar-refractivity contribution in [2.75, 3.05) is 18.5 Å². The lowest BCUT2D eigenvalue weighted by atomic mass is 10.1. The fourth-order valence-electron chi connectivity index (χ4n) is 3.74. The number of aryl methyl sites for hydroxylation is 1. The highest BCUT2D eigenvalue weighted by Crippen LogP contribution is 2.28. The quantitative estimate of drug-likeness (QED) is 0.535. The number of nitrogens with zero attached hydrogens (tertiary/aromatic N) is 3. The van der Waals surface area contributed by atoms with Crippen molar-refractivity contribution in [1.29, 1.82) is 0 Å². The Morgan fingerprint density at radius 3 is 2.81 bits per heavy atom. The summed E-state index contributed by atoms with van der Waals surface area (Å²) in [7, 11) is 0. The fraction of sp³-hybridized carbons (Fsp3) is 0.364. The summed E-state index contributed by atoms with van der Waals surface area (Å²) >= 11 is 0. The van der Waals surface area contributed by atoms with Crippen LogP contribution in [0.25, 0.3) is 11.0 Å². The zero-order valence-electron chi connectivity index (χ0n) is 17.4. The summed E-state index contributed by atoms with van der Waals surface area (Å²) in [6.07, 6.45) is 5.08. The van der Waals surface area contributed by atoms with E-state index in [0.29, 0.717) is 30.9 Å². The first kappa shape index (κ1) is 20.8. The molecule has 0 saturated carbocycles. The minimum atomic E-state index is -0.501. The predicted octanol–water partition coefficient (Wildman–Crippen LogP) is 2.07. The predicted molar refractivity (Wildman–Crippen MR) is 117 cm³/mol. The molecule has 9 nitrogen and oxygen atoms in total. The van der Waals surface area contributed by atoms with Crippen LogP contribution in [0, 0.1) is 0 Å². The first-order valence-electron chi connectivity index (χ1n) is 10.4. The summed E-state index contributed by atoms with van der Waals surface area (Å²) in [5, 5.41) is 11.7. The van der Waals surface area contributed by atoms with E-state index in [4.69, 9.17) is 10.5 Å². The summed E-state index contributed by atoms with van der Waals surface area (Å²) in [6, 6.07) is 7.11. The van der Waals surface area contributed by atoms with Gasteiger partial charge in [-0.05, 0) is 37.5 Å². The Labute approximate surface area is 180 Å². The molecule has 0 spiro atoms. The average molecular weight is 422 g/mol. The molecule has 0 unspecified atom stereocenters. The molecule has 162 valence electrons. The number of fused-ring (bicyclic) bond motifs is 1. The van der Waals surface area contributed by atoms with Gasteiger partial charge in [-0.2, -0.15) is 5.10 Å². The number of nitrogens with one attached hydrogen (secondary N) is 2. The molecule has 9 heteroatoms. The Morgan fingerprint density at radius 1 is 1.26 bits per heavy atom. The van der Waals surface area contributed by atoms with Crippen LogP contribution in [0.4, 0.5) is 5.69 Å². The van der Waals surface area contributed by atoms with Gasteiger partial charge in [0.15, 0.2) is 5.65 Å². The molecule has 4 rings (SSSR count). The minimum Gasteiger partial charge on any atom is -0.381 e. The second-order valence-corrected chi connectivity index (χ2v) is 7.52. The van der Waals surface area contributed by atoms with Gasteiger partial charge in [-0.1, -0.05) is 12.1 Å². The Kier molecular flexibility index (Phi) is 6.13. The van der Waals surface area contributed by atoms with Crippen molar-refractivity contribution in [3.63, 3.8) is 0 Å². The van der Waals surface area contributed by atoms with Gasteiger partial charge in [-0.25, -0.2) is 9.67 Å². The van der Waals surface area contributed by atoms with E-state index in [1.54, 1.807) is 30.6 Å². The monoisotopic (exact) mass is 422 g/mol. The van der Waals surface area contributed by atoms with Gasteiger partial charge in [0.1, 0.15) is 0 Å².